The normalized spacial score (nSPS) is 14.6. The molecule has 1 N–H and O–H groups in total. The van der Waals surface area contributed by atoms with Crippen LogP contribution in [0.5, 0.6) is 0 Å². The molecule has 0 rings (SSSR count). The molecule has 1 atom stereocenters. The van der Waals surface area contributed by atoms with E-state index in [2.05, 4.69) is 13.5 Å². The Kier molecular flexibility index (Phi) is 5.78. The van der Waals surface area contributed by atoms with Crippen molar-refractivity contribution in [3.05, 3.63) is 6.04 Å². The summed E-state index contributed by atoms with van der Waals surface area (Å²) in [5.74, 6) is -0.163. The summed E-state index contributed by atoms with van der Waals surface area (Å²) in [6.07, 6.45) is 2.31. The third-order valence-corrected chi connectivity index (χ3v) is 5.04. The van der Waals surface area contributed by atoms with Crippen molar-refractivity contribution in [2.75, 3.05) is 5.75 Å². The van der Waals surface area contributed by atoms with Gasteiger partial charge in [-0.1, -0.05) is 32.4 Å². The smallest absolute Gasteiger partial charge is 0.264 e. The maximum Gasteiger partial charge on any atom is 0.264 e. The van der Waals surface area contributed by atoms with Crippen LogP contribution in [0.2, 0.25) is 12.6 Å². The van der Waals surface area contributed by atoms with Crippen LogP contribution in [-0.2, 0) is 10.1 Å². The maximum absolute atomic E-state index is 10.4. The molecule has 0 amide bonds. The quantitative estimate of drug-likeness (QED) is 0.529. The van der Waals surface area contributed by atoms with Gasteiger partial charge in [-0.3, -0.25) is 4.55 Å². The molecule has 0 heterocycles. The summed E-state index contributed by atoms with van der Waals surface area (Å²) >= 11 is 0. The molecule has 0 aliphatic heterocycles. The highest BCUT2D eigenvalue weighted by atomic mass is 32.2. The molecule has 0 aliphatic carbocycles. The van der Waals surface area contributed by atoms with E-state index in [1.165, 1.54) is 0 Å². The zero-order valence-electron chi connectivity index (χ0n) is 7.66. The number of unbranched alkanes of at least 4 members (excludes halogenated alkanes) is 1. The van der Waals surface area contributed by atoms with Gasteiger partial charge >= 0.3 is 0 Å². The Morgan fingerprint density at radius 1 is 1.50 bits per heavy atom. The van der Waals surface area contributed by atoms with E-state index >= 15 is 0 Å². The summed E-state index contributed by atoms with van der Waals surface area (Å²) in [4.78, 5) is 0. The molecule has 0 bridgehead atoms. The molecule has 0 spiro atoms. The summed E-state index contributed by atoms with van der Waals surface area (Å²) in [6, 6.07) is 2.91. The van der Waals surface area contributed by atoms with Gasteiger partial charge in [0.05, 0.1) is 5.75 Å². The topological polar surface area (TPSA) is 54.4 Å². The Labute approximate surface area is 76.5 Å². The molecule has 0 saturated heterocycles. The van der Waals surface area contributed by atoms with Crippen molar-refractivity contribution in [1.82, 2.24) is 0 Å². The van der Waals surface area contributed by atoms with Crippen molar-refractivity contribution in [2.24, 2.45) is 0 Å². The lowest BCUT2D eigenvalue weighted by molar-refractivity contribution is 0.486. The lowest BCUT2D eigenvalue weighted by Crippen LogP contribution is -2.15. The summed E-state index contributed by atoms with van der Waals surface area (Å²) in [6.45, 7) is 4.21. The predicted molar refractivity (Wildman–Crippen MR) is 53.4 cm³/mol. The summed E-state index contributed by atoms with van der Waals surface area (Å²) in [5.41, 5.74) is 0. The fraction of sp³-hybridized carbons (Fsp3) is 0.857. The lowest BCUT2D eigenvalue weighted by atomic mass is 10.4. The minimum Gasteiger partial charge on any atom is -0.286 e. The number of hydrogen-bond donors (Lipinski definition) is 1. The first-order chi connectivity index (χ1) is 5.45. The number of rotatable bonds is 6. The first-order valence-corrected chi connectivity index (χ1v) is 8.49. The monoisotopic (exact) mass is 209 g/mol. The van der Waals surface area contributed by atoms with Gasteiger partial charge in [0.1, 0.15) is 0 Å². The SMILES string of the molecule is CCCC[SiH](C)[CH]CS(=O)(=O)O. The average molecular weight is 209 g/mol. The Morgan fingerprint density at radius 2 is 2.08 bits per heavy atom. The summed E-state index contributed by atoms with van der Waals surface area (Å²) in [7, 11) is -4.75. The van der Waals surface area contributed by atoms with E-state index in [0.717, 1.165) is 18.9 Å². The van der Waals surface area contributed by atoms with Crippen molar-refractivity contribution < 1.29 is 13.0 Å². The molecule has 5 heteroatoms. The second-order valence-corrected chi connectivity index (χ2v) is 7.60. The first kappa shape index (κ1) is 12.1. The molecule has 12 heavy (non-hydrogen) atoms. The fourth-order valence-corrected chi connectivity index (χ4v) is 4.50. The minimum absolute atomic E-state index is 0.163. The van der Waals surface area contributed by atoms with Gasteiger partial charge in [0.15, 0.2) is 0 Å². The van der Waals surface area contributed by atoms with Crippen LogP contribution >= 0.6 is 0 Å². The minimum atomic E-state index is -3.77. The highest BCUT2D eigenvalue weighted by Gasteiger charge is 2.09. The Morgan fingerprint density at radius 3 is 2.50 bits per heavy atom. The van der Waals surface area contributed by atoms with Crippen molar-refractivity contribution in [1.29, 1.82) is 0 Å². The standard InChI is InChI=1S/C7H17O3SSi/c1-3-4-6-12(2)7-5-11(8,9)10/h7,12H,3-6H2,1-2H3,(H,8,9,10). The molecule has 3 nitrogen and oxygen atoms in total. The molecule has 0 aromatic carbocycles. The predicted octanol–water partition coefficient (Wildman–Crippen LogP) is 1.27. The van der Waals surface area contributed by atoms with E-state index in [1.807, 2.05) is 0 Å². The molecular formula is C7H17O3SSi. The molecule has 0 aromatic heterocycles. The van der Waals surface area contributed by atoms with Gasteiger partial charge in [-0.15, -0.1) is 0 Å². The van der Waals surface area contributed by atoms with Crippen molar-refractivity contribution in [2.45, 2.75) is 32.4 Å². The lowest BCUT2D eigenvalue weighted by Gasteiger charge is -2.06. The third-order valence-electron chi connectivity index (χ3n) is 1.72. The zero-order chi connectivity index (χ0) is 9.61. The first-order valence-electron chi connectivity index (χ1n) is 4.24. The van der Waals surface area contributed by atoms with Crippen molar-refractivity contribution >= 4 is 18.9 Å². The average Bonchev–Trinajstić information content (AvgIpc) is 1.95. The molecule has 73 valence electrons. The van der Waals surface area contributed by atoms with Gasteiger partial charge in [0.2, 0.25) is 0 Å². The van der Waals surface area contributed by atoms with E-state index in [9.17, 15) is 8.42 Å². The van der Waals surface area contributed by atoms with E-state index in [4.69, 9.17) is 4.55 Å². The van der Waals surface area contributed by atoms with E-state index in [-0.39, 0.29) is 5.75 Å². The van der Waals surface area contributed by atoms with E-state index < -0.39 is 18.9 Å². The number of hydrogen-bond acceptors (Lipinski definition) is 2. The van der Waals surface area contributed by atoms with Crippen LogP contribution in [0.4, 0.5) is 0 Å². The van der Waals surface area contributed by atoms with Gasteiger partial charge in [-0.2, -0.15) is 8.42 Å². The molecule has 0 saturated carbocycles. The molecule has 1 radical (unpaired) electrons. The van der Waals surface area contributed by atoms with Crippen LogP contribution in [-0.4, -0.2) is 27.5 Å². The maximum atomic E-state index is 10.4. The third kappa shape index (κ3) is 8.23. The van der Waals surface area contributed by atoms with E-state index in [0.29, 0.717) is 0 Å². The van der Waals surface area contributed by atoms with Crippen LogP contribution in [0.15, 0.2) is 0 Å². The second-order valence-electron chi connectivity index (χ2n) is 3.10. The molecule has 0 fully saturated rings. The zero-order valence-corrected chi connectivity index (χ0v) is 9.63. The van der Waals surface area contributed by atoms with Gasteiger partial charge in [0, 0.05) is 8.80 Å². The second kappa shape index (κ2) is 5.72. The Balaban J connectivity index is 3.51. The Hall–Kier alpha value is 0.127. The highest BCUT2D eigenvalue weighted by Crippen LogP contribution is 2.04. The molecule has 0 aromatic rings. The van der Waals surface area contributed by atoms with E-state index in [1.54, 1.807) is 6.04 Å². The largest absolute Gasteiger partial charge is 0.286 e. The van der Waals surface area contributed by atoms with Gasteiger partial charge in [0.25, 0.3) is 10.1 Å². The van der Waals surface area contributed by atoms with Crippen LogP contribution in [0, 0.1) is 6.04 Å². The van der Waals surface area contributed by atoms with Crippen LogP contribution < -0.4 is 0 Å². The van der Waals surface area contributed by atoms with Crippen molar-refractivity contribution in [3.63, 3.8) is 0 Å². The summed E-state index contributed by atoms with van der Waals surface area (Å²) in [5, 5.41) is 0. The summed E-state index contributed by atoms with van der Waals surface area (Å²) < 4.78 is 29.2. The van der Waals surface area contributed by atoms with Crippen LogP contribution in [0.1, 0.15) is 19.8 Å². The van der Waals surface area contributed by atoms with Gasteiger partial charge < -0.3 is 0 Å². The van der Waals surface area contributed by atoms with Crippen LogP contribution in [0.3, 0.4) is 0 Å². The fourth-order valence-electron chi connectivity index (χ4n) is 0.930. The van der Waals surface area contributed by atoms with Gasteiger partial charge in [-0.25, -0.2) is 0 Å². The molecule has 1 unspecified atom stereocenters. The highest BCUT2D eigenvalue weighted by molar-refractivity contribution is 7.86. The van der Waals surface area contributed by atoms with Crippen molar-refractivity contribution in [3.8, 4) is 0 Å². The van der Waals surface area contributed by atoms with Gasteiger partial charge in [-0.05, 0) is 6.04 Å². The molecular weight excluding hydrogens is 192 g/mol. The van der Waals surface area contributed by atoms with Crippen LogP contribution in [0.25, 0.3) is 0 Å². The molecule has 0 aliphatic rings. The Bertz CT molecular complexity index is 201.